The van der Waals surface area contributed by atoms with Crippen LogP contribution in [0.5, 0.6) is 17.2 Å². The van der Waals surface area contributed by atoms with Crippen LogP contribution in [0.4, 0.5) is 13.2 Å². The van der Waals surface area contributed by atoms with Gasteiger partial charge in [-0.25, -0.2) is 0 Å². The summed E-state index contributed by atoms with van der Waals surface area (Å²) < 4.78 is 46.9. The number of halogens is 5. The van der Waals surface area contributed by atoms with Crippen molar-refractivity contribution in [2.24, 2.45) is 0 Å². The lowest BCUT2D eigenvalue weighted by atomic mass is 10.1. The number of carbonyl (C=O) groups is 1. The first-order valence-electron chi connectivity index (χ1n) is 8.59. The molecule has 0 aliphatic carbocycles. The molecule has 2 aromatic carbocycles. The summed E-state index contributed by atoms with van der Waals surface area (Å²) >= 11 is 12.0. The standard InChI is InChI=1S/C20H13Cl2F3N2O4/c21-16-8-15(19(28)26-10-12-2-1-7-27(29)11-12)18(9-17(16)22)30-13-3-5-14(6-4-13)31-20(23,24)25/h1-9,11H,10H2,(H,26,28). The fourth-order valence-corrected chi connectivity index (χ4v) is 2.83. The number of carbonyl (C=O) groups excluding carboxylic acids is 1. The van der Waals surface area contributed by atoms with Crippen molar-refractivity contribution in [2.45, 2.75) is 12.9 Å². The predicted octanol–water partition coefficient (Wildman–Crippen LogP) is 5.25. The molecule has 0 radical (unpaired) electrons. The topological polar surface area (TPSA) is 74.5 Å². The number of rotatable bonds is 6. The molecule has 11 heteroatoms. The van der Waals surface area contributed by atoms with Crippen molar-refractivity contribution in [2.75, 3.05) is 0 Å². The molecular formula is C20H13Cl2F3N2O4. The van der Waals surface area contributed by atoms with Crippen LogP contribution in [-0.2, 0) is 6.54 Å². The highest BCUT2D eigenvalue weighted by Crippen LogP contribution is 2.34. The first-order chi connectivity index (χ1) is 14.6. The zero-order valence-corrected chi connectivity index (χ0v) is 17.0. The molecule has 1 heterocycles. The molecule has 3 rings (SSSR count). The van der Waals surface area contributed by atoms with Crippen LogP contribution in [0.15, 0.2) is 60.9 Å². The minimum absolute atomic E-state index is 0.0309. The largest absolute Gasteiger partial charge is 0.619 e. The van der Waals surface area contributed by atoms with E-state index in [1.807, 2.05) is 0 Å². The van der Waals surface area contributed by atoms with E-state index in [-0.39, 0.29) is 33.7 Å². The van der Waals surface area contributed by atoms with Gasteiger partial charge in [-0.2, -0.15) is 4.73 Å². The maximum Gasteiger partial charge on any atom is 0.573 e. The van der Waals surface area contributed by atoms with Crippen LogP contribution in [0.3, 0.4) is 0 Å². The molecule has 1 aromatic heterocycles. The van der Waals surface area contributed by atoms with Crippen LogP contribution >= 0.6 is 23.2 Å². The Hall–Kier alpha value is -3.17. The zero-order valence-electron chi connectivity index (χ0n) is 15.5. The summed E-state index contributed by atoms with van der Waals surface area (Å²) in [6.45, 7) is 0.0606. The number of hydrogen-bond donors (Lipinski definition) is 1. The van der Waals surface area contributed by atoms with Crippen LogP contribution < -0.4 is 19.5 Å². The van der Waals surface area contributed by atoms with Crippen LogP contribution in [0.1, 0.15) is 15.9 Å². The molecule has 0 aliphatic rings. The number of benzene rings is 2. The lowest BCUT2D eigenvalue weighted by Gasteiger charge is -2.14. The van der Waals surface area contributed by atoms with Gasteiger partial charge in [0.05, 0.1) is 15.6 Å². The molecule has 0 atom stereocenters. The molecule has 6 nitrogen and oxygen atoms in total. The summed E-state index contributed by atoms with van der Waals surface area (Å²) in [5.41, 5.74) is 0.601. The van der Waals surface area contributed by atoms with Crippen molar-refractivity contribution in [3.05, 3.63) is 87.3 Å². The molecule has 31 heavy (non-hydrogen) atoms. The molecule has 162 valence electrons. The van der Waals surface area contributed by atoms with Crippen molar-refractivity contribution < 1.29 is 32.2 Å². The number of nitrogens with zero attached hydrogens (tertiary/aromatic N) is 1. The van der Waals surface area contributed by atoms with Crippen molar-refractivity contribution in [1.29, 1.82) is 0 Å². The second-order valence-corrected chi connectivity index (χ2v) is 6.95. The average Bonchev–Trinajstić information content (AvgIpc) is 2.69. The smallest absolute Gasteiger partial charge is 0.573 e. The molecule has 0 saturated heterocycles. The summed E-state index contributed by atoms with van der Waals surface area (Å²) in [6, 6.07) is 10.4. The van der Waals surface area contributed by atoms with Gasteiger partial charge >= 0.3 is 6.36 Å². The Balaban J connectivity index is 1.79. The van der Waals surface area contributed by atoms with Gasteiger partial charge in [0.15, 0.2) is 12.4 Å². The third-order valence-electron chi connectivity index (χ3n) is 3.84. The number of ether oxygens (including phenoxy) is 2. The van der Waals surface area contributed by atoms with Gasteiger partial charge in [0.25, 0.3) is 5.91 Å². The number of nitrogens with one attached hydrogen (secondary N) is 1. The Morgan fingerprint density at radius 2 is 1.71 bits per heavy atom. The van der Waals surface area contributed by atoms with Crippen molar-refractivity contribution in [3.63, 3.8) is 0 Å². The summed E-state index contributed by atoms with van der Waals surface area (Å²) in [5.74, 6) is -0.821. The van der Waals surface area contributed by atoms with Gasteiger partial charge < -0.3 is 20.0 Å². The summed E-state index contributed by atoms with van der Waals surface area (Å²) in [5, 5.41) is 14.2. The lowest BCUT2D eigenvalue weighted by Crippen LogP contribution is -2.28. The van der Waals surface area contributed by atoms with E-state index in [1.54, 1.807) is 6.07 Å². The van der Waals surface area contributed by atoms with Gasteiger partial charge in [0.2, 0.25) is 0 Å². The van der Waals surface area contributed by atoms with Crippen molar-refractivity contribution in [3.8, 4) is 17.2 Å². The highest BCUT2D eigenvalue weighted by molar-refractivity contribution is 6.42. The van der Waals surface area contributed by atoms with E-state index in [0.717, 1.165) is 12.1 Å². The monoisotopic (exact) mass is 472 g/mol. The minimum atomic E-state index is -4.82. The fourth-order valence-electron chi connectivity index (χ4n) is 2.51. The van der Waals surface area contributed by atoms with Crippen LogP contribution in [-0.4, -0.2) is 12.3 Å². The van der Waals surface area contributed by atoms with Crippen LogP contribution in [0, 0.1) is 5.21 Å². The van der Waals surface area contributed by atoms with E-state index in [2.05, 4.69) is 10.1 Å². The molecule has 1 N–H and O–H groups in total. The molecule has 0 unspecified atom stereocenters. The van der Waals surface area contributed by atoms with Crippen LogP contribution in [0.25, 0.3) is 0 Å². The maximum atomic E-state index is 12.7. The predicted molar refractivity (Wildman–Crippen MR) is 106 cm³/mol. The second-order valence-electron chi connectivity index (χ2n) is 6.14. The Kier molecular flexibility index (Phi) is 6.77. The molecule has 0 aliphatic heterocycles. The molecule has 0 fully saturated rings. The Bertz CT molecular complexity index is 1090. The van der Waals surface area contributed by atoms with Gasteiger partial charge in [0.1, 0.15) is 17.2 Å². The minimum Gasteiger partial charge on any atom is -0.619 e. The normalized spacial score (nSPS) is 11.1. The first kappa shape index (κ1) is 22.5. The van der Waals surface area contributed by atoms with E-state index >= 15 is 0 Å². The highest BCUT2D eigenvalue weighted by atomic mass is 35.5. The maximum absolute atomic E-state index is 12.7. The third-order valence-corrected chi connectivity index (χ3v) is 4.56. The van der Waals surface area contributed by atoms with Crippen molar-refractivity contribution in [1.82, 2.24) is 5.32 Å². The van der Waals surface area contributed by atoms with Gasteiger partial charge in [0, 0.05) is 24.2 Å². The summed E-state index contributed by atoms with van der Waals surface area (Å²) in [7, 11) is 0. The first-order valence-corrected chi connectivity index (χ1v) is 9.35. The van der Waals surface area contributed by atoms with Gasteiger partial charge in [-0.3, -0.25) is 4.79 Å². The Morgan fingerprint density at radius 1 is 1.06 bits per heavy atom. The van der Waals surface area contributed by atoms with Gasteiger partial charge in [-0.1, -0.05) is 23.2 Å². The van der Waals surface area contributed by atoms with Gasteiger partial charge in [-0.05, 0) is 36.4 Å². The number of pyridine rings is 1. The lowest BCUT2D eigenvalue weighted by molar-refractivity contribution is -0.605. The quantitative estimate of drug-likeness (QED) is 0.392. The van der Waals surface area contributed by atoms with E-state index < -0.39 is 18.0 Å². The molecular weight excluding hydrogens is 460 g/mol. The molecule has 0 saturated carbocycles. The SMILES string of the molecule is O=C(NCc1ccc[n+]([O-])c1)c1cc(Cl)c(Cl)cc1Oc1ccc(OC(F)(F)F)cc1. The second kappa shape index (κ2) is 9.32. The number of aromatic nitrogens is 1. The molecule has 1 amide bonds. The number of hydrogen-bond acceptors (Lipinski definition) is 4. The van der Waals surface area contributed by atoms with E-state index in [9.17, 15) is 23.2 Å². The fraction of sp³-hybridized carbons (Fsp3) is 0.100. The van der Waals surface area contributed by atoms with Gasteiger partial charge in [-0.15, -0.1) is 13.2 Å². The Labute approximate surface area is 184 Å². The average molecular weight is 473 g/mol. The molecule has 0 bridgehead atoms. The molecule has 3 aromatic rings. The zero-order chi connectivity index (χ0) is 22.6. The number of alkyl halides is 3. The summed E-state index contributed by atoms with van der Waals surface area (Å²) in [4.78, 5) is 12.7. The van der Waals surface area contributed by atoms with E-state index in [0.29, 0.717) is 10.3 Å². The number of amides is 1. The van der Waals surface area contributed by atoms with E-state index in [4.69, 9.17) is 27.9 Å². The highest BCUT2D eigenvalue weighted by Gasteiger charge is 2.31. The van der Waals surface area contributed by atoms with Crippen LogP contribution in [0.2, 0.25) is 10.0 Å². The third kappa shape index (κ3) is 6.40. The van der Waals surface area contributed by atoms with Crippen molar-refractivity contribution >= 4 is 29.1 Å². The molecule has 0 spiro atoms. The Morgan fingerprint density at radius 3 is 2.35 bits per heavy atom. The van der Waals surface area contributed by atoms with E-state index in [1.165, 1.54) is 42.7 Å². The summed E-state index contributed by atoms with van der Waals surface area (Å²) in [6.07, 6.45) is -2.21.